The highest BCUT2D eigenvalue weighted by atomic mass is 32.1. The first kappa shape index (κ1) is 13.3. The lowest BCUT2D eigenvalue weighted by Crippen LogP contribution is -2.15. The average Bonchev–Trinajstić information content (AvgIpc) is 2.93. The Hall–Kier alpha value is -2.14. The number of hydrogen-bond acceptors (Lipinski definition) is 4. The highest BCUT2D eigenvalue weighted by Crippen LogP contribution is 2.18. The summed E-state index contributed by atoms with van der Waals surface area (Å²) in [6, 6.07) is 8.52. The van der Waals surface area contributed by atoms with Gasteiger partial charge in [-0.3, -0.25) is 4.79 Å². The van der Waals surface area contributed by atoms with E-state index in [2.05, 4.69) is 5.32 Å². The molecule has 1 heterocycles. The Balaban J connectivity index is 2.21. The number of thiophene rings is 1. The van der Waals surface area contributed by atoms with Crippen molar-refractivity contribution >= 4 is 28.9 Å². The number of rotatable bonds is 4. The van der Waals surface area contributed by atoms with Crippen molar-refractivity contribution in [3.05, 3.63) is 52.2 Å². The highest BCUT2D eigenvalue weighted by Gasteiger charge is 2.14. The zero-order valence-corrected chi connectivity index (χ0v) is 11.2. The van der Waals surface area contributed by atoms with E-state index in [1.54, 1.807) is 42.6 Å². The van der Waals surface area contributed by atoms with E-state index in [-0.39, 0.29) is 5.91 Å². The minimum Gasteiger partial charge on any atom is -0.462 e. The maximum absolute atomic E-state index is 12.0. The molecule has 0 radical (unpaired) electrons. The molecular weight excluding hydrogens is 262 g/mol. The summed E-state index contributed by atoms with van der Waals surface area (Å²) in [6.45, 7) is 2.04. The summed E-state index contributed by atoms with van der Waals surface area (Å²) in [7, 11) is 0. The molecule has 0 saturated heterocycles. The fraction of sp³-hybridized carbons (Fsp3) is 0.143. The Morgan fingerprint density at radius 3 is 2.74 bits per heavy atom. The largest absolute Gasteiger partial charge is 0.462 e. The van der Waals surface area contributed by atoms with Crippen LogP contribution in [0.4, 0.5) is 5.69 Å². The standard InChI is InChI=1S/C14H13NO3S/c1-2-18-14(17)11-5-3-4-6-12(11)15-13(16)10-7-8-19-9-10/h3-9H,2H2,1H3,(H,15,16). The van der Waals surface area contributed by atoms with Gasteiger partial charge in [0, 0.05) is 5.38 Å². The van der Waals surface area contributed by atoms with Crippen molar-refractivity contribution in [3.8, 4) is 0 Å². The highest BCUT2D eigenvalue weighted by molar-refractivity contribution is 7.08. The molecule has 98 valence electrons. The van der Waals surface area contributed by atoms with Gasteiger partial charge in [0.2, 0.25) is 0 Å². The average molecular weight is 275 g/mol. The van der Waals surface area contributed by atoms with Crippen LogP contribution in [-0.4, -0.2) is 18.5 Å². The van der Waals surface area contributed by atoms with Crippen molar-refractivity contribution in [2.24, 2.45) is 0 Å². The lowest BCUT2D eigenvalue weighted by atomic mass is 10.1. The molecule has 0 aliphatic heterocycles. The smallest absolute Gasteiger partial charge is 0.340 e. The van der Waals surface area contributed by atoms with Gasteiger partial charge < -0.3 is 10.1 Å². The molecule has 5 heteroatoms. The van der Waals surface area contributed by atoms with Crippen LogP contribution in [0.1, 0.15) is 27.6 Å². The summed E-state index contributed by atoms with van der Waals surface area (Å²) >= 11 is 1.44. The predicted octanol–water partition coefficient (Wildman–Crippen LogP) is 3.18. The number of para-hydroxylation sites is 1. The summed E-state index contributed by atoms with van der Waals surface area (Å²) in [5.41, 5.74) is 1.38. The molecule has 2 rings (SSSR count). The summed E-state index contributed by atoms with van der Waals surface area (Å²) in [5.74, 6) is -0.679. The molecule has 0 aliphatic rings. The van der Waals surface area contributed by atoms with E-state index >= 15 is 0 Å². The monoisotopic (exact) mass is 275 g/mol. The second kappa shape index (κ2) is 6.15. The van der Waals surface area contributed by atoms with Gasteiger partial charge in [0.1, 0.15) is 0 Å². The Morgan fingerprint density at radius 2 is 2.05 bits per heavy atom. The lowest BCUT2D eigenvalue weighted by Gasteiger charge is -2.09. The Morgan fingerprint density at radius 1 is 1.26 bits per heavy atom. The van der Waals surface area contributed by atoms with Gasteiger partial charge in [-0.05, 0) is 30.5 Å². The van der Waals surface area contributed by atoms with Gasteiger partial charge in [-0.2, -0.15) is 11.3 Å². The molecule has 0 spiro atoms. The van der Waals surface area contributed by atoms with Crippen LogP contribution in [0.5, 0.6) is 0 Å². The Labute approximate surface area is 115 Å². The van der Waals surface area contributed by atoms with Crippen LogP contribution in [-0.2, 0) is 4.74 Å². The first-order valence-electron chi connectivity index (χ1n) is 5.82. The molecule has 4 nitrogen and oxygen atoms in total. The van der Waals surface area contributed by atoms with Crippen LogP contribution >= 0.6 is 11.3 Å². The number of benzene rings is 1. The molecule has 1 amide bonds. The number of esters is 1. The van der Waals surface area contributed by atoms with Crippen molar-refractivity contribution in [3.63, 3.8) is 0 Å². The van der Waals surface area contributed by atoms with Gasteiger partial charge in [0.25, 0.3) is 5.91 Å². The van der Waals surface area contributed by atoms with Crippen molar-refractivity contribution in [2.45, 2.75) is 6.92 Å². The number of ether oxygens (including phenoxy) is 1. The molecule has 0 atom stereocenters. The molecule has 0 bridgehead atoms. The summed E-state index contributed by atoms with van der Waals surface area (Å²) in [5, 5.41) is 6.30. The normalized spacial score (nSPS) is 9.95. The fourth-order valence-electron chi connectivity index (χ4n) is 1.57. The third-order valence-electron chi connectivity index (χ3n) is 2.45. The van der Waals surface area contributed by atoms with E-state index in [0.717, 1.165) is 0 Å². The Bertz CT molecular complexity index is 578. The Kier molecular flexibility index (Phi) is 4.30. The van der Waals surface area contributed by atoms with Gasteiger partial charge >= 0.3 is 5.97 Å². The van der Waals surface area contributed by atoms with E-state index in [9.17, 15) is 9.59 Å². The van der Waals surface area contributed by atoms with E-state index in [1.807, 2.05) is 5.38 Å². The summed E-state index contributed by atoms with van der Waals surface area (Å²) in [4.78, 5) is 23.7. The molecule has 2 aromatic rings. The number of amides is 1. The zero-order valence-electron chi connectivity index (χ0n) is 10.4. The number of anilines is 1. The van der Waals surface area contributed by atoms with Gasteiger partial charge in [0.05, 0.1) is 23.4 Å². The molecule has 1 N–H and O–H groups in total. The molecule has 0 unspecified atom stereocenters. The van der Waals surface area contributed by atoms with E-state index in [1.165, 1.54) is 11.3 Å². The molecule has 0 aliphatic carbocycles. The first-order valence-corrected chi connectivity index (χ1v) is 6.76. The molecule has 19 heavy (non-hydrogen) atoms. The van der Waals surface area contributed by atoms with Crippen LogP contribution in [0.15, 0.2) is 41.1 Å². The minimum atomic E-state index is -0.441. The molecule has 0 saturated carbocycles. The number of carbonyl (C=O) groups excluding carboxylic acids is 2. The van der Waals surface area contributed by atoms with Crippen molar-refractivity contribution < 1.29 is 14.3 Å². The quantitative estimate of drug-likeness (QED) is 0.872. The van der Waals surface area contributed by atoms with Gasteiger partial charge in [0.15, 0.2) is 0 Å². The second-order valence-electron chi connectivity index (χ2n) is 3.73. The van der Waals surface area contributed by atoms with Gasteiger partial charge in [-0.15, -0.1) is 0 Å². The molecule has 0 fully saturated rings. The number of carbonyl (C=O) groups is 2. The molecule has 1 aromatic carbocycles. The molecular formula is C14H13NO3S. The number of hydrogen-bond donors (Lipinski definition) is 1. The van der Waals surface area contributed by atoms with Crippen LogP contribution in [0, 0.1) is 0 Å². The third-order valence-corrected chi connectivity index (χ3v) is 3.14. The lowest BCUT2D eigenvalue weighted by molar-refractivity contribution is 0.0527. The first-order chi connectivity index (χ1) is 9.22. The third kappa shape index (κ3) is 3.20. The fourth-order valence-corrected chi connectivity index (χ4v) is 2.20. The zero-order chi connectivity index (χ0) is 13.7. The van der Waals surface area contributed by atoms with E-state index in [4.69, 9.17) is 4.74 Å². The maximum atomic E-state index is 12.0. The van der Waals surface area contributed by atoms with Crippen molar-refractivity contribution in [2.75, 3.05) is 11.9 Å². The van der Waals surface area contributed by atoms with Crippen LogP contribution in [0.3, 0.4) is 0 Å². The van der Waals surface area contributed by atoms with Crippen LogP contribution < -0.4 is 5.32 Å². The van der Waals surface area contributed by atoms with E-state index in [0.29, 0.717) is 23.4 Å². The maximum Gasteiger partial charge on any atom is 0.340 e. The van der Waals surface area contributed by atoms with E-state index < -0.39 is 5.97 Å². The summed E-state index contributed by atoms with van der Waals surface area (Å²) in [6.07, 6.45) is 0. The SMILES string of the molecule is CCOC(=O)c1ccccc1NC(=O)c1ccsc1. The van der Waals surface area contributed by atoms with Crippen LogP contribution in [0.25, 0.3) is 0 Å². The minimum absolute atomic E-state index is 0.238. The topological polar surface area (TPSA) is 55.4 Å². The van der Waals surface area contributed by atoms with Crippen LogP contribution in [0.2, 0.25) is 0 Å². The number of nitrogens with one attached hydrogen (secondary N) is 1. The van der Waals surface area contributed by atoms with Crippen molar-refractivity contribution in [1.82, 2.24) is 0 Å². The van der Waals surface area contributed by atoms with Gasteiger partial charge in [-0.25, -0.2) is 4.79 Å². The molecule has 1 aromatic heterocycles. The van der Waals surface area contributed by atoms with Gasteiger partial charge in [-0.1, -0.05) is 12.1 Å². The predicted molar refractivity (Wildman–Crippen MR) is 74.7 cm³/mol. The van der Waals surface area contributed by atoms with Crippen molar-refractivity contribution in [1.29, 1.82) is 0 Å². The second-order valence-corrected chi connectivity index (χ2v) is 4.51. The summed E-state index contributed by atoms with van der Waals surface area (Å²) < 4.78 is 4.95.